The number of phenols is 1. The van der Waals surface area contributed by atoms with Crippen molar-refractivity contribution in [3.8, 4) is 5.75 Å². The van der Waals surface area contributed by atoms with Gasteiger partial charge >= 0.3 is 0 Å². The number of carbonyl (C=O) groups is 1. The first kappa shape index (κ1) is 19.8. The number of carbonyl (C=O) groups excluding carboxylic acids is 1. The zero-order chi connectivity index (χ0) is 20.0. The molecule has 9 heteroatoms. The number of rotatable bonds is 4. The smallest absolute Gasteiger partial charge is 0.195 e. The van der Waals surface area contributed by atoms with Gasteiger partial charge in [0, 0.05) is 31.3 Å². The van der Waals surface area contributed by atoms with Crippen LogP contribution in [0.1, 0.15) is 22.1 Å². The third-order valence-corrected chi connectivity index (χ3v) is 7.23. The molecule has 2 aromatic heterocycles. The highest BCUT2D eigenvalue weighted by Crippen LogP contribution is 2.39. The topological polar surface area (TPSA) is 107 Å². The molecule has 0 saturated carbocycles. The van der Waals surface area contributed by atoms with Crippen molar-refractivity contribution < 1.29 is 30.0 Å². The summed E-state index contributed by atoms with van der Waals surface area (Å²) in [6.07, 6.45) is -5.16. The molecule has 0 radical (unpaired) electrons. The summed E-state index contributed by atoms with van der Waals surface area (Å²) in [6.45, 7) is -0.594. The van der Waals surface area contributed by atoms with Crippen LogP contribution < -0.4 is 0 Å². The summed E-state index contributed by atoms with van der Waals surface area (Å²) in [7, 11) is 0. The lowest BCUT2D eigenvalue weighted by atomic mass is 9.91. The van der Waals surface area contributed by atoms with Crippen molar-refractivity contribution in [2.75, 3.05) is 6.61 Å². The van der Waals surface area contributed by atoms with Crippen molar-refractivity contribution in [3.05, 3.63) is 50.7 Å². The van der Waals surface area contributed by atoms with Gasteiger partial charge in [-0.15, -0.1) is 22.7 Å². The second kappa shape index (κ2) is 7.72. The molecule has 1 saturated heterocycles. The second-order valence-corrected chi connectivity index (χ2v) is 9.13. The summed E-state index contributed by atoms with van der Waals surface area (Å²) in [4.78, 5) is 13.2. The van der Waals surface area contributed by atoms with Crippen LogP contribution in [0.5, 0.6) is 5.75 Å². The molecular formula is C19H17ClO6S2. The van der Waals surface area contributed by atoms with E-state index in [1.165, 1.54) is 15.5 Å². The Hall–Kier alpha value is -1.52. The van der Waals surface area contributed by atoms with Crippen molar-refractivity contribution >= 4 is 49.5 Å². The maximum Gasteiger partial charge on any atom is 0.195 e. The number of benzene rings is 1. The zero-order valence-corrected chi connectivity index (χ0v) is 16.8. The van der Waals surface area contributed by atoms with Crippen molar-refractivity contribution in [1.82, 2.24) is 0 Å². The molecule has 1 aromatic carbocycles. The highest BCUT2D eigenvalue weighted by atomic mass is 35.5. The van der Waals surface area contributed by atoms with Gasteiger partial charge in [0.25, 0.3) is 0 Å². The average molecular weight is 441 g/mol. The number of fused-ring (bicyclic) bond motifs is 1. The fourth-order valence-corrected chi connectivity index (χ4v) is 5.69. The molecule has 0 amide bonds. The highest BCUT2D eigenvalue weighted by molar-refractivity contribution is 7.26. The molecule has 4 rings (SSSR count). The Balaban J connectivity index is 1.68. The van der Waals surface area contributed by atoms with Gasteiger partial charge in [-0.1, -0.05) is 11.6 Å². The standard InChI is InChI=1S/C19H17ClO6S2/c20-11-6-12(22)10(19-18(25)17(24)16(23)13(7-21)26-19)4-8(11)3-9-5-15-14(28-9)1-2-27-15/h1-2,4-6,13,16,18-19,21-23,25H,3,7H2/t13?,16-,18-,19+/m1/s1. The second-order valence-electron chi connectivity index (χ2n) is 6.61. The van der Waals surface area contributed by atoms with E-state index >= 15 is 0 Å². The van der Waals surface area contributed by atoms with Gasteiger partial charge in [-0.05, 0) is 35.2 Å². The van der Waals surface area contributed by atoms with E-state index in [0.717, 1.165) is 4.88 Å². The quantitative estimate of drug-likeness (QED) is 0.497. The summed E-state index contributed by atoms with van der Waals surface area (Å²) < 4.78 is 7.88. The third kappa shape index (κ3) is 3.46. The molecule has 3 heterocycles. The maximum absolute atomic E-state index is 12.1. The van der Waals surface area contributed by atoms with Crippen LogP contribution in [-0.2, 0) is 16.0 Å². The molecule has 1 fully saturated rings. The first-order valence-electron chi connectivity index (χ1n) is 8.52. The van der Waals surface area contributed by atoms with Crippen LogP contribution in [0.3, 0.4) is 0 Å². The minimum atomic E-state index is -1.66. The maximum atomic E-state index is 12.1. The van der Waals surface area contributed by atoms with Crippen LogP contribution in [0.15, 0.2) is 29.6 Å². The fraction of sp³-hybridized carbons (Fsp3) is 0.316. The lowest BCUT2D eigenvalue weighted by Crippen LogP contribution is -2.52. The molecular weight excluding hydrogens is 424 g/mol. The average Bonchev–Trinajstić information content (AvgIpc) is 3.24. The molecule has 1 aliphatic rings. The molecule has 148 valence electrons. The monoisotopic (exact) mass is 440 g/mol. The fourth-order valence-electron chi connectivity index (χ4n) is 3.31. The Kier molecular flexibility index (Phi) is 5.45. The van der Waals surface area contributed by atoms with Crippen LogP contribution in [0.25, 0.3) is 9.40 Å². The molecule has 3 aromatic rings. The van der Waals surface area contributed by atoms with Gasteiger partial charge in [0.05, 0.1) is 6.61 Å². The molecule has 28 heavy (non-hydrogen) atoms. The zero-order valence-electron chi connectivity index (χ0n) is 14.4. The molecule has 4 N–H and O–H groups in total. The number of thiophene rings is 2. The van der Waals surface area contributed by atoms with Gasteiger partial charge in [0.2, 0.25) is 0 Å². The van der Waals surface area contributed by atoms with Gasteiger partial charge in [-0.3, -0.25) is 4.79 Å². The summed E-state index contributed by atoms with van der Waals surface area (Å²) in [5.41, 5.74) is 0.891. The number of Topliss-reactive ketones (excluding diaryl/α,β-unsaturated/α-hetero) is 1. The van der Waals surface area contributed by atoms with Gasteiger partial charge < -0.3 is 25.2 Å². The van der Waals surface area contributed by atoms with Gasteiger partial charge in [0.1, 0.15) is 30.2 Å². The third-order valence-electron chi connectivity index (χ3n) is 4.78. The summed E-state index contributed by atoms with van der Waals surface area (Å²) >= 11 is 9.61. The largest absolute Gasteiger partial charge is 0.508 e. The number of ether oxygens (including phenoxy) is 1. The Morgan fingerprint density at radius 2 is 1.93 bits per heavy atom. The lowest BCUT2D eigenvalue weighted by molar-refractivity contribution is -0.189. The number of phenolic OH excluding ortho intramolecular Hbond substituents is 1. The van der Waals surface area contributed by atoms with Gasteiger partial charge in [0.15, 0.2) is 5.78 Å². The number of aromatic hydroxyl groups is 1. The molecule has 0 bridgehead atoms. The van der Waals surface area contributed by atoms with Crippen LogP contribution in [-0.4, -0.2) is 51.1 Å². The van der Waals surface area contributed by atoms with Crippen molar-refractivity contribution in [3.63, 3.8) is 0 Å². The number of hydrogen-bond donors (Lipinski definition) is 4. The molecule has 1 unspecified atom stereocenters. The molecule has 4 atom stereocenters. The Bertz CT molecular complexity index is 1000. The van der Waals surface area contributed by atoms with Crippen LogP contribution in [0.4, 0.5) is 0 Å². The Morgan fingerprint density at radius 3 is 2.64 bits per heavy atom. The lowest BCUT2D eigenvalue weighted by Gasteiger charge is -2.35. The Labute approximate surface area is 173 Å². The van der Waals surface area contributed by atoms with E-state index in [4.69, 9.17) is 16.3 Å². The van der Waals surface area contributed by atoms with Crippen LogP contribution >= 0.6 is 34.3 Å². The molecule has 1 aliphatic heterocycles. The van der Waals surface area contributed by atoms with Crippen molar-refractivity contribution in [2.45, 2.75) is 30.8 Å². The van der Waals surface area contributed by atoms with E-state index in [1.807, 2.05) is 5.38 Å². The number of ketones is 1. The summed E-state index contributed by atoms with van der Waals surface area (Å²) in [6, 6.07) is 7.08. The predicted octanol–water partition coefficient (Wildman–Crippen LogP) is 2.64. The normalized spacial score (nSPS) is 25.5. The van der Waals surface area contributed by atoms with E-state index in [2.05, 4.69) is 12.1 Å². The summed E-state index contributed by atoms with van der Waals surface area (Å²) in [5, 5.41) is 42.1. The highest BCUT2D eigenvalue weighted by Gasteiger charge is 2.44. The molecule has 6 nitrogen and oxygen atoms in total. The number of hydrogen-bond acceptors (Lipinski definition) is 8. The minimum absolute atomic E-state index is 0.184. The predicted molar refractivity (Wildman–Crippen MR) is 107 cm³/mol. The van der Waals surface area contributed by atoms with E-state index < -0.39 is 36.8 Å². The minimum Gasteiger partial charge on any atom is -0.508 e. The van der Waals surface area contributed by atoms with Crippen LogP contribution in [0, 0.1) is 0 Å². The van der Waals surface area contributed by atoms with Crippen LogP contribution in [0.2, 0.25) is 5.02 Å². The van der Waals surface area contributed by atoms with Crippen molar-refractivity contribution in [1.29, 1.82) is 0 Å². The number of aliphatic hydroxyl groups is 3. The molecule has 0 spiro atoms. The first-order chi connectivity index (χ1) is 13.4. The number of aliphatic hydroxyl groups excluding tert-OH is 3. The van der Waals surface area contributed by atoms with E-state index in [-0.39, 0.29) is 11.3 Å². The van der Waals surface area contributed by atoms with E-state index in [1.54, 1.807) is 28.7 Å². The van der Waals surface area contributed by atoms with E-state index in [0.29, 0.717) is 17.0 Å². The van der Waals surface area contributed by atoms with Gasteiger partial charge in [-0.2, -0.15) is 0 Å². The molecule has 0 aliphatic carbocycles. The summed E-state index contributed by atoms with van der Waals surface area (Å²) in [5.74, 6) is -1.09. The first-order valence-corrected chi connectivity index (χ1v) is 10.6. The van der Waals surface area contributed by atoms with Crippen molar-refractivity contribution in [2.24, 2.45) is 0 Å². The van der Waals surface area contributed by atoms with E-state index in [9.17, 15) is 25.2 Å². The SMILES string of the molecule is O=C1[C@@H](O)[C@H](c2cc(Cc3cc4sccc4s3)c(Cl)cc2O)OC(CO)[C@H]1O. The number of halogens is 1. The van der Waals surface area contributed by atoms with Gasteiger partial charge in [-0.25, -0.2) is 0 Å². The Morgan fingerprint density at radius 1 is 1.14 bits per heavy atom.